The molecule has 4 nitrogen and oxygen atoms in total. The number of carboxylic acid groups (broad SMARTS) is 1. The van der Waals surface area contributed by atoms with Crippen molar-refractivity contribution in [3.63, 3.8) is 0 Å². The summed E-state index contributed by atoms with van der Waals surface area (Å²) in [7, 11) is 1.38. The Hall–Kier alpha value is -1.00. The molecule has 0 radical (unpaired) electrons. The van der Waals surface area contributed by atoms with E-state index in [9.17, 15) is 9.59 Å². The second kappa shape index (κ2) is 8.35. The van der Waals surface area contributed by atoms with E-state index in [1.807, 2.05) is 24.3 Å². The van der Waals surface area contributed by atoms with Crippen molar-refractivity contribution in [3.05, 3.63) is 43.0 Å². The number of aliphatic carboxylic acids is 1. The fourth-order valence-corrected chi connectivity index (χ4v) is 7.08. The predicted molar refractivity (Wildman–Crippen MR) is 113 cm³/mol. The van der Waals surface area contributed by atoms with E-state index in [0.29, 0.717) is 0 Å². The van der Waals surface area contributed by atoms with Crippen LogP contribution in [0.1, 0.15) is 11.1 Å². The molecule has 3 heterocycles. The third-order valence-electron chi connectivity index (χ3n) is 3.52. The van der Waals surface area contributed by atoms with Crippen molar-refractivity contribution in [1.29, 1.82) is 0 Å². The van der Waals surface area contributed by atoms with Crippen LogP contribution in [0.15, 0.2) is 31.8 Å². The number of hydrogen-bond acceptors (Lipinski definition) is 6. The van der Waals surface area contributed by atoms with Crippen molar-refractivity contribution in [2.45, 2.75) is 12.8 Å². The first-order valence-corrected chi connectivity index (χ1v) is 11.4. The van der Waals surface area contributed by atoms with Gasteiger partial charge in [-0.3, -0.25) is 9.59 Å². The molecule has 0 saturated heterocycles. The van der Waals surface area contributed by atoms with Gasteiger partial charge in [0.05, 0.1) is 27.5 Å². The Morgan fingerprint density at radius 2 is 1.46 bits per heavy atom. The van der Waals surface area contributed by atoms with Crippen LogP contribution in [0.5, 0.6) is 0 Å². The predicted octanol–water partition coefficient (Wildman–Crippen LogP) is 6.07. The minimum Gasteiger partial charge on any atom is -0.481 e. The average Bonchev–Trinajstić information content (AvgIpc) is 3.25. The lowest BCUT2D eigenvalue weighted by molar-refractivity contribution is -0.140. The first-order chi connectivity index (χ1) is 12.4. The maximum absolute atomic E-state index is 11.7. The van der Waals surface area contributed by atoms with Gasteiger partial charge in [0.15, 0.2) is 0 Å². The quantitative estimate of drug-likeness (QED) is 0.389. The number of esters is 1. The van der Waals surface area contributed by atoms with E-state index in [4.69, 9.17) is 9.84 Å². The second-order valence-electron chi connectivity index (χ2n) is 5.30. The highest BCUT2D eigenvalue weighted by Crippen LogP contribution is 2.45. The maximum atomic E-state index is 11.7. The summed E-state index contributed by atoms with van der Waals surface area (Å²) in [5, 5.41) is 9.12. The Morgan fingerprint density at radius 1 is 0.962 bits per heavy atom. The second-order valence-corrected chi connectivity index (χ2v) is 11.2. The number of carboxylic acids is 1. The van der Waals surface area contributed by atoms with Gasteiger partial charge in [0.25, 0.3) is 0 Å². The monoisotopic (exact) mass is 534 g/mol. The Labute approximate surface area is 178 Å². The summed E-state index contributed by atoms with van der Waals surface area (Å²) >= 11 is 11.6. The molecule has 3 rings (SSSR count). The maximum Gasteiger partial charge on any atom is 0.310 e. The number of rotatable bonds is 6. The van der Waals surface area contributed by atoms with E-state index in [1.54, 1.807) is 22.7 Å². The largest absolute Gasteiger partial charge is 0.481 e. The highest BCUT2D eigenvalue weighted by atomic mass is 79.9. The molecule has 3 aromatic rings. The third-order valence-corrected chi connectivity index (χ3v) is 8.32. The third kappa shape index (κ3) is 4.45. The van der Waals surface area contributed by atoms with Crippen molar-refractivity contribution in [2.75, 3.05) is 7.11 Å². The van der Waals surface area contributed by atoms with Gasteiger partial charge in [-0.2, -0.15) is 0 Å². The molecule has 26 heavy (non-hydrogen) atoms. The molecule has 0 aliphatic carbocycles. The molecule has 136 valence electrons. The number of thiophene rings is 3. The van der Waals surface area contributed by atoms with Crippen LogP contribution in [0.25, 0.3) is 19.5 Å². The van der Waals surface area contributed by atoms with Gasteiger partial charge in [0, 0.05) is 19.5 Å². The van der Waals surface area contributed by atoms with Crippen molar-refractivity contribution in [1.82, 2.24) is 0 Å². The Balaban J connectivity index is 1.97. The molecule has 1 N–H and O–H groups in total. The van der Waals surface area contributed by atoms with Gasteiger partial charge in [0.2, 0.25) is 0 Å². The smallest absolute Gasteiger partial charge is 0.310 e. The minimum atomic E-state index is -0.851. The van der Waals surface area contributed by atoms with Gasteiger partial charge in [-0.15, -0.1) is 34.0 Å². The summed E-state index contributed by atoms with van der Waals surface area (Å²) in [4.78, 5) is 26.8. The van der Waals surface area contributed by atoms with Crippen LogP contribution < -0.4 is 0 Å². The molecular formula is C17H12Br2O4S3. The molecule has 0 bridgehead atoms. The molecule has 0 spiro atoms. The van der Waals surface area contributed by atoms with Crippen LogP contribution in [-0.2, 0) is 27.2 Å². The number of ether oxygens (including phenoxy) is 1. The lowest BCUT2D eigenvalue weighted by Gasteiger charge is -2.01. The highest BCUT2D eigenvalue weighted by molar-refractivity contribution is 9.11. The average molecular weight is 536 g/mol. The van der Waals surface area contributed by atoms with Crippen molar-refractivity contribution >= 4 is 77.8 Å². The Kier molecular flexibility index (Phi) is 6.34. The van der Waals surface area contributed by atoms with Crippen LogP contribution in [-0.4, -0.2) is 24.2 Å². The van der Waals surface area contributed by atoms with Crippen LogP contribution in [0.2, 0.25) is 0 Å². The Bertz CT molecular complexity index is 971. The Morgan fingerprint density at radius 3 is 1.92 bits per heavy atom. The zero-order valence-corrected chi connectivity index (χ0v) is 19.0. The van der Waals surface area contributed by atoms with Gasteiger partial charge < -0.3 is 9.84 Å². The summed E-state index contributed by atoms with van der Waals surface area (Å²) in [6.07, 6.45) is 0.207. The number of hydrogen-bond donors (Lipinski definition) is 1. The minimum absolute atomic E-state index is 0.0111. The van der Waals surface area contributed by atoms with Gasteiger partial charge in [-0.25, -0.2) is 0 Å². The number of carbonyl (C=O) groups is 2. The molecule has 0 saturated carbocycles. The fourth-order valence-electron chi connectivity index (χ4n) is 2.44. The lowest BCUT2D eigenvalue weighted by atomic mass is 10.1. The molecule has 0 amide bonds. The zero-order chi connectivity index (χ0) is 18.8. The summed E-state index contributed by atoms with van der Waals surface area (Å²) in [5.74, 6) is -1.13. The van der Waals surface area contributed by atoms with Crippen molar-refractivity contribution in [3.8, 4) is 19.5 Å². The van der Waals surface area contributed by atoms with Gasteiger partial charge in [-0.1, -0.05) is 0 Å². The molecule has 3 aromatic heterocycles. The molecule has 0 fully saturated rings. The molecule has 9 heteroatoms. The highest BCUT2D eigenvalue weighted by Gasteiger charge is 2.18. The van der Waals surface area contributed by atoms with E-state index in [0.717, 1.165) is 38.2 Å². The fraction of sp³-hybridized carbons (Fsp3) is 0.176. The molecule has 0 atom stereocenters. The van der Waals surface area contributed by atoms with Gasteiger partial charge in [0.1, 0.15) is 0 Å². The summed E-state index contributed by atoms with van der Waals surface area (Å²) < 4.78 is 6.64. The lowest BCUT2D eigenvalue weighted by Crippen LogP contribution is -2.04. The first-order valence-electron chi connectivity index (χ1n) is 7.33. The normalized spacial score (nSPS) is 10.9. The standard InChI is InChI=1S/C17H12Br2O4S3/c1-23-15(22)7-9-5-13(19)26-17(9)11-3-2-10(24-11)16-8(6-14(20)21)4-12(18)25-16/h2-5H,6-7H2,1H3,(H,20,21). The van der Waals surface area contributed by atoms with Crippen LogP contribution >= 0.6 is 65.9 Å². The summed E-state index contributed by atoms with van der Waals surface area (Å²) in [5.41, 5.74) is 1.71. The van der Waals surface area contributed by atoms with E-state index >= 15 is 0 Å². The molecular weight excluding hydrogens is 524 g/mol. The van der Waals surface area contributed by atoms with Crippen molar-refractivity contribution in [2.24, 2.45) is 0 Å². The van der Waals surface area contributed by atoms with E-state index < -0.39 is 5.97 Å². The van der Waals surface area contributed by atoms with Gasteiger partial charge in [-0.05, 0) is 67.3 Å². The SMILES string of the molecule is COC(=O)Cc1cc(Br)sc1-c1ccc(-c2sc(Br)cc2CC(=O)O)s1. The van der Waals surface area contributed by atoms with E-state index in [1.165, 1.54) is 18.4 Å². The number of methoxy groups -OCH3 is 1. The van der Waals surface area contributed by atoms with Crippen LogP contribution in [0.3, 0.4) is 0 Å². The molecule has 0 unspecified atom stereocenters. The first kappa shape index (κ1) is 19.8. The summed E-state index contributed by atoms with van der Waals surface area (Å²) in [6.45, 7) is 0. The summed E-state index contributed by atoms with van der Waals surface area (Å²) in [6, 6.07) is 7.81. The van der Waals surface area contributed by atoms with E-state index in [2.05, 4.69) is 31.9 Å². The molecule has 0 aliphatic heterocycles. The molecule has 0 aliphatic rings. The molecule has 0 aromatic carbocycles. The van der Waals surface area contributed by atoms with E-state index in [-0.39, 0.29) is 18.8 Å². The van der Waals surface area contributed by atoms with Crippen LogP contribution in [0.4, 0.5) is 0 Å². The number of carbonyl (C=O) groups excluding carboxylic acids is 1. The van der Waals surface area contributed by atoms with Crippen molar-refractivity contribution < 1.29 is 19.4 Å². The van der Waals surface area contributed by atoms with Gasteiger partial charge >= 0.3 is 11.9 Å². The zero-order valence-electron chi connectivity index (χ0n) is 13.4. The topological polar surface area (TPSA) is 63.6 Å². The number of halogens is 2. The van der Waals surface area contributed by atoms with Crippen LogP contribution in [0, 0.1) is 0 Å².